The van der Waals surface area contributed by atoms with Gasteiger partial charge in [0.05, 0.1) is 5.69 Å². The van der Waals surface area contributed by atoms with Gasteiger partial charge in [0, 0.05) is 25.0 Å². The summed E-state index contributed by atoms with van der Waals surface area (Å²) in [5.41, 5.74) is 2.48. The second-order valence-electron chi connectivity index (χ2n) is 5.51. The van der Waals surface area contributed by atoms with Crippen molar-refractivity contribution in [1.29, 1.82) is 0 Å². The van der Waals surface area contributed by atoms with Crippen LogP contribution in [-0.4, -0.2) is 40.9 Å². The molecule has 4 heteroatoms. The average Bonchev–Trinajstić information content (AvgIpc) is 3.03. The third-order valence-electron chi connectivity index (χ3n) is 4.07. The van der Waals surface area contributed by atoms with Crippen molar-refractivity contribution in [2.24, 2.45) is 0 Å². The number of nitrogens with one attached hydrogen (secondary N) is 1. The minimum atomic E-state index is 0.710. The largest absolute Gasteiger partial charge is 0.317 e. The summed E-state index contributed by atoms with van der Waals surface area (Å²) in [7, 11) is 2.23. The summed E-state index contributed by atoms with van der Waals surface area (Å²) in [5, 5.41) is 7.67. The van der Waals surface area contributed by atoms with Crippen molar-refractivity contribution in [3.8, 4) is 5.69 Å². The van der Waals surface area contributed by atoms with E-state index in [1.165, 1.54) is 18.4 Å². The van der Waals surface area contributed by atoms with Crippen LogP contribution in [0.1, 0.15) is 18.4 Å². The Morgan fingerprint density at radius 2 is 2.00 bits per heavy atom. The fraction of sp³-hybridized carbons (Fsp3) is 0.438. The highest BCUT2D eigenvalue weighted by Crippen LogP contribution is 2.15. The molecule has 2 aromatic rings. The Labute approximate surface area is 120 Å². The Bertz CT molecular complexity index is 512. The van der Waals surface area contributed by atoms with Crippen LogP contribution in [0.5, 0.6) is 0 Å². The predicted octanol–water partition coefficient (Wildman–Crippen LogP) is 2.06. The van der Waals surface area contributed by atoms with Crippen molar-refractivity contribution >= 4 is 0 Å². The number of aromatic nitrogens is 2. The molecule has 20 heavy (non-hydrogen) atoms. The van der Waals surface area contributed by atoms with Crippen LogP contribution in [0.15, 0.2) is 42.7 Å². The van der Waals surface area contributed by atoms with E-state index in [1.54, 1.807) is 6.20 Å². The number of rotatable bonds is 4. The molecule has 0 aliphatic carbocycles. The van der Waals surface area contributed by atoms with Gasteiger partial charge in [0.15, 0.2) is 0 Å². The van der Waals surface area contributed by atoms with Gasteiger partial charge in [-0.2, -0.15) is 5.10 Å². The van der Waals surface area contributed by atoms with Gasteiger partial charge in [-0.1, -0.05) is 12.1 Å². The summed E-state index contributed by atoms with van der Waals surface area (Å²) in [4.78, 5) is 2.48. The average molecular weight is 270 g/mol. The first-order valence-electron chi connectivity index (χ1n) is 7.33. The molecule has 0 bridgehead atoms. The maximum absolute atomic E-state index is 4.25. The summed E-state index contributed by atoms with van der Waals surface area (Å²) in [5.74, 6) is 0. The molecule has 1 fully saturated rings. The highest BCUT2D eigenvalue weighted by molar-refractivity contribution is 5.33. The summed E-state index contributed by atoms with van der Waals surface area (Å²) in [6, 6.07) is 11.3. The van der Waals surface area contributed by atoms with E-state index < -0.39 is 0 Å². The molecular formula is C16H22N4. The lowest BCUT2D eigenvalue weighted by Gasteiger charge is -2.31. The summed E-state index contributed by atoms with van der Waals surface area (Å²) >= 11 is 0. The van der Waals surface area contributed by atoms with E-state index in [-0.39, 0.29) is 0 Å². The molecule has 0 unspecified atom stereocenters. The molecule has 1 saturated heterocycles. The monoisotopic (exact) mass is 270 g/mol. The van der Waals surface area contributed by atoms with Gasteiger partial charge in [-0.3, -0.25) is 4.90 Å². The van der Waals surface area contributed by atoms with Crippen LogP contribution in [0.4, 0.5) is 0 Å². The molecule has 1 aliphatic heterocycles. The lowest BCUT2D eigenvalue weighted by atomic mass is 10.0. The summed E-state index contributed by atoms with van der Waals surface area (Å²) in [6.45, 7) is 3.31. The first-order chi connectivity index (χ1) is 9.83. The van der Waals surface area contributed by atoms with E-state index >= 15 is 0 Å². The molecule has 2 heterocycles. The number of benzene rings is 1. The van der Waals surface area contributed by atoms with Gasteiger partial charge in [-0.15, -0.1) is 0 Å². The fourth-order valence-corrected chi connectivity index (χ4v) is 2.84. The van der Waals surface area contributed by atoms with E-state index in [4.69, 9.17) is 0 Å². The Morgan fingerprint density at radius 3 is 2.65 bits per heavy atom. The van der Waals surface area contributed by atoms with Crippen molar-refractivity contribution in [3.63, 3.8) is 0 Å². The van der Waals surface area contributed by atoms with E-state index in [1.807, 2.05) is 16.9 Å². The first-order valence-corrected chi connectivity index (χ1v) is 7.33. The van der Waals surface area contributed by atoms with E-state index in [9.17, 15) is 0 Å². The lowest BCUT2D eigenvalue weighted by molar-refractivity contribution is 0.192. The molecule has 1 aromatic carbocycles. The highest BCUT2D eigenvalue weighted by atomic mass is 15.3. The second-order valence-corrected chi connectivity index (χ2v) is 5.51. The number of hydrogen-bond acceptors (Lipinski definition) is 3. The summed E-state index contributed by atoms with van der Waals surface area (Å²) < 4.78 is 1.89. The Kier molecular flexibility index (Phi) is 4.14. The minimum absolute atomic E-state index is 0.710. The highest BCUT2D eigenvalue weighted by Gasteiger charge is 2.17. The maximum atomic E-state index is 4.25. The third kappa shape index (κ3) is 3.08. The van der Waals surface area contributed by atoms with Crippen molar-refractivity contribution in [2.45, 2.75) is 25.4 Å². The van der Waals surface area contributed by atoms with Gasteiger partial charge in [-0.05, 0) is 56.7 Å². The zero-order chi connectivity index (χ0) is 13.8. The van der Waals surface area contributed by atoms with Crippen molar-refractivity contribution in [1.82, 2.24) is 20.0 Å². The molecular weight excluding hydrogens is 248 g/mol. The standard InChI is InChI=1S/C16H22N4/c1-19(15-7-10-17-11-8-15)13-14-3-5-16(6-4-14)20-12-2-9-18-20/h2-6,9,12,15,17H,7-8,10-11,13H2,1H3. The van der Waals surface area contributed by atoms with Crippen LogP contribution >= 0.6 is 0 Å². The molecule has 1 aliphatic rings. The number of hydrogen-bond donors (Lipinski definition) is 1. The van der Waals surface area contributed by atoms with Gasteiger partial charge in [0.25, 0.3) is 0 Å². The Morgan fingerprint density at radius 1 is 1.25 bits per heavy atom. The van der Waals surface area contributed by atoms with Gasteiger partial charge >= 0.3 is 0 Å². The molecule has 1 N–H and O–H groups in total. The molecule has 3 rings (SSSR count). The zero-order valence-electron chi connectivity index (χ0n) is 12.0. The van der Waals surface area contributed by atoms with Gasteiger partial charge in [0.1, 0.15) is 0 Å². The molecule has 1 aromatic heterocycles. The van der Waals surface area contributed by atoms with Gasteiger partial charge < -0.3 is 5.32 Å². The van der Waals surface area contributed by atoms with Crippen LogP contribution in [0, 0.1) is 0 Å². The fourth-order valence-electron chi connectivity index (χ4n) is 2.84. The van der Waals surface area contributed by atoms with Crippen LogP contribution < -0.4 is 5.32 Å². The smallest absolute Gasteiger partial charge is 0.0645 e. The quantitative estimate of drug-likeness (QED) is 0.923. The van der Waals surface area contributed by atoms with E-state index in [0.717, 1.165) is 25.3 Å². The molecule has 0 saturated carbocycles. The zero-order valence-corrected chi connectivity index (χ0v) is 12.0. The predicted molar refractivity (Wildman–Crippen MR) is 80.9 cm³/mol. The normalized spacial score (nSPS) is 16.7. The summed E-state index contributed by atoms with van der Waals surface area (Å²) in [6.07, 6.45) is 6.28. The molecule has 4 nitrogen and oxygen atoms in total. The third-order valence-corrected chi connectivity index (χ3v) is 4.07. The van der Waals surface area contributed by atoms with Crippen LogP contribution in [0.25, 0.3) is 5.69 Å². The van der Waals surface area contributed by atoms with Crippen molar-refractivity contribution in [2.75, 3.05) is 20.1 Å². The second kappa shape index (κ2) is 6.20. The van der Waals surface area contributed by atoms with Gasteiger partial charge in [0.2, 0.25) is 0 Å². The van der Waals surface area contributed by atoms with Crippen LogP contribution in [0.2, 0.25) is 0 Å². The maximum Gasteiger partial charge on any atom is 0.0645 e. The molecule has 106 valence electrons. The topological polar surface area (TPSA) is 33.1 Å². The van der Waals surface area contributed by atoms with Crippen molar-refractivity contribution < 1.29 is 0 Å². The number of piperidine rings is 1. The first kappa shape index (κ1) is 13.3. The SMILES string of the molecule is CN(Cc1ccc(-n2cccn2)cc1)C1CCNCC1. The van der Waals surface area contributed by atoms with Crippen LogP contribution in [0.3, 0.4) is 0 Å². The van der Waals surface area contributed by atoms with E-state index in [2.05, 4.69) is 46.6 Å². The van der Waals surface area contributed by atoms with Crippen LogP contribution in [-0.2, 0) is 6.54 Å². The Hall–Kier alpha value is -1.65. The van der Waals surface area contributed by atoms with Crippen molar-refractivity contribution in [3.05, 3.63) is 48.3 Å². The minimum Gasteiger partial charge on any atom is -0.317 e. The van der Waals surface area contributed by atoms with Gasteiger partial charge in [-0.25, -0.2) is 4.68 Å². The molecule has 0 spiro atoms. The lowest BCUT2D eigenvalue weighted by Crippen LogP contribution is -2.40. The van der Waals surface area contributed by atoms with E-state index in [0.29, 0.717) is 6.04 Å². The Balaban J connectivity index is 1.63. The molecule has 0 radical (unpaired) electrons. The molecule has 0 atom stereocenters. The molecule has 0 amide bonds. The number of nitrogens with zero attached hydrogens (tertiary/aromatic N) is 3.